The molecule has 0 atom stereocenters. The van der Waals surface area contributed by atoms with Gasteiger partial charge in [0.1, 0.15) is 11.6 Å². The molecule has 4 aromatic carbocycles. The highest BCUT2D eigenvalue weighted by atomic mass is 35.5. The van der Waals surface area contributed by atoms with E-state index in [0.717, 1.165) is 46.3 Å². The first-order valence-electron chi connectivity index (χ1n) is 22.9. The number of piperazine rings is 2. The molecule has 2 aliphatic heterocycles. The van der Waals surface area contributed by atoms with Crippen molar-refractivity contribution in [2.45, 2.75) is 73.2 Å². The van der Waals surface area contributed by atoms with Crippen LogP contribution in [0.3, 0.4) is 0 Å². The summed E-state index contributed by atoms with van der Waals surface area (Å²) in [5.74, 6) is 2.23. The van der Waals surface area contributed by atoms with Gasteiger partial charge in [-0.15, -0.1) is 0 Å². The van der Waals surface area contributed by atoms with Gasteiger partial charge in [-0.2, -0.15) is 13.6 Å². The minimum Gasteiger partial charge on any atom is -0.367 e. The molecule has 2 saturated heterocycles. The Kier molecular flexibility index (Phi) is 15.8. The molecule has 3 N–H and O–H groups in total. The lowest BCUT2D eigenvalue weighted by molar-refractivity contribution is -0.388. The molecule has 0 radical (unpaired) electrons. The Hall–Kier alpha value is -6.17. The van der Waals surface area contributed by atoms with Crippen LogP contribution in [-0.4, -0.2) is 120 Å². The molecule has 364 valence electrons. The molecule has 4 aliphatic rings. The van der Waals surface area contributed by atoms with Crippen LogP contribution in [0.25, 0.3) is 21.8 Å². The summed E-state index contributed by atoms with van der Waals surface area (Å²) in [5.41, 5.74) is 0.942. The number of hydrogen-bond acceptors (Lipinski definition) is 16. The number of nitrogens with zero attached hydrogens (tertiary/aromatic N) is 9. The number of nitrogens with one attached hydrogen (secondary N) is 3. The van der Waals surface area contributed by atoms with Crippen LogP contribution in [0.15, 0.2) is 107 Å². The lowest BCUT2D eigenvalue weighted by Gasteiger charge is -2.34. The van der Waals surface area contributed by atoms with Gasteiger partial charge in [-0.25, -0.2) is 31.8 Å². The minimum absolute atomic E-state index is 0.190. The topological polar surface area (TPSA) is 252 Å². The largest absolute Gasteiger partial charge is 0.367 e. The molecule has 0 unspecified atom stereocenters. The smallest absolute Gasteiger partial charge is 0.289 e. The molecule has 0 amide bonds. The van der Waals surface area contributed by atoms with Crippen molar-refractivity contribution in [2.24, 2.45) is 0 Å². The van der Waals surface area contributed by atoms with Crippen molar-refractivity contribution in [1.29, 1.82) is 0 Å². The van der Waals surface area contributed by atoms with Crippen molar-refractivity contribution in [3.63, 3.8) is 0 Å². The van der Waals surface area contributed by atoms with Crippen LogP contribution in [0.1, 0.15) is 51.4 Å². The number of halogens is 1. The van der Waals surface area contributed by atoms with Crippen LogP contribution in [0.5, 0.6) is 0 Å². The Morgan fingerprint density at radius 3 is 1.46 bits per heavy atom. The molecule has 20 nitrogen and oxygen atoms in total. The zero-order chi connectivity index (χ0) is 48.5. The summed E-state index contributed by atoms with van der Waals surface area (Å²) in [7, 11) is -7.78. The van der Waals surface area contributed by atoms with Gasteiger partial charge >= 0.3 is 0 Å². The van der Waals surface area contributed by atoms with Gasteiger partial charge in [-0.1, -0.05) is 74.2 Å². The predicted molar refractivity (Wildman–Crippen MR) is 265 cm³/mol. The Morgan fingerprint density at radius 2 is 0.971 bits per heavy atom. The summed E-state index contributed by atoms with van der Waals surface area (Å²) >= 11 is 5.95. The zero-order valence-electron chi connectivity index (χ0n) is 37.7. The van der Waals surface area contributed by atoms with Crippen LogP contribution >= 0.6 is 11.6 Å². The molecule has 10 rings (SSSR count). The molecule has 4 fully saturated rings. The summed E-state index contributed by atoms with van der Waals surface area (Å²) in [6, 6.07) is 27.6. The average molecular weight is 1000 g/mol. The second-order valence-corrected chi connectivity index (χ2v) is 21.1. The van der Waals surface area contributed by atoms with Crippen LogP contribution < -0.4 is 20.9 Å². The first-order chi connectivity index (χ1) is 33.3. The van der Waals surface area contributed by atoms with Gasteiger partial charge < -0.3 is 20.9 Å². The van der Waals surface area contributed by atoms with Crippen molar-refractivity contribution >= 4 is 82.4 Å². The lowest BCUT2D eigenvalue weighted by Crippen LogP contribution is -2.49. The van der Waals surface area contributed by atoms with Gasteiger partial charge in [0.05, 0.1) is 20.9 Å². The first-order valence-corrected chi connectivity index (χ1v) is 26.2. The number of anilines is 3. The van der Waals surface area contributed by atoms with Crippen molar-refractivity contribution in [3.8, 4) is 0 Å². The fourth-order valence-electron chi connectivity index (χ4n) is 8.94. The average Bonchev–Trinajstić information content (AvgIpc) is 4.10. The van der Waals surface area contributed by atoms with E-state index in [-0.39, 0.29) is 28.6 Å². The van der Waals surface area contributed by atoms with E-state index in [1.807, 2.05) is 53.4 Å². The van der Waals surface area contributed by atoms with Gasteiger partial charge in [-0.3, -0.25) is 20.2 Å². The third-order valence-electron chi connectivity index (χ3n) is 12.5. The van der Waals surface area contributed by atoms with E-state index in [2.05, 4.69) is 25.9 Å². The van der Waals surface area contributed by atoms with Crippen LogP contribution in [0.2, 0.25) is 5.28 Å². The molecule has 2 saturated carbocycles. The maximum atomic E-state index is 13.1. The van der Waals surface area contributed by atoms with E-state index in [1.165, 1.54) is 95.7 Å². The molecule has 69 heavy (non-hydrogen) atoms. The fourth-order valence-corrected chi connectivity index (χ4v) is 12.3. The second kappa shape index (κ2) is 22.1. The maximum absolute atomic E-state index is 13.1. The van der Waals surface area contributed by atoms with Crippen LogP contribution in [0, 0.1) is 20.2 Å². The molecular formula is C46H53ClN12O8S2. The Balaban J connectivity index is 0.000000154. The molecule has 0 spiro atoms. The van der Waals surface area contributed by atoms with E-state index in [1.54, 1.807) is 0 Å². The third kappa shape index (κ3) is 11.7. The third-order valence-corrected chi connectivity index (χ3v) is 16.6. The zero-order valence-corrected chi connectivity index (χ0v) is 40.1. The molecule has 6 aromatic rings. The normalized spacial score (nSPS) is 17.4. The SMILES string of the molecule is Clc1nc(NC2CCCC2)c2ccccc2n1.O=[N+]([O-])c1ccccc1S(=O)(=O)N1CCN(c2nc(NC3CCCC3)c3ccccc3n2)CC1.O=[N+]([O-])c1ccccc1S(=O)(=O)N1CCNCC1. The molecule has 4 heterocycles. The minimum atomic E-state index is -3.99. The molecule has 2 aliphatic carbocycles. The van der Waals surface area contributed by atoms with Crippen LogP contribution in [-0.2, 0) is 20.0 Å². The summed E-state index contributed by atoms with van der Waals surface area (Å²) < 4.78 is 53.5. The number of fused-ring (bicyclic) bond motifs is 2. The Bertz CT molecular complexity index is 3020. The monoisotopic (exact) mass is 1000 g/mol. The Labute approximate surface area is 404 Å². The predicted octanol–water partition coefficient (Wildman–Crippen LogP) is 7.23. The van der Waals surface area contributed by atoms with Crippen molar-refractivity contribution in [2.75, 3.05) is 67.9 Å². The number of benzene rings is 4. The summed E-state index contributed by atoms with van der Waals surface area (Å²) in [6.45, 7) is 2.93. The number of sulfonamides is 2. The van der Waals surface area contributed by atoms with Gasteiger partial charge in [0, 0.05) is 87.3 Å². The number of nitro groups is 2. The van der Waals surface area contributed by atoms with E-state index in [9.17, 15) is 37.1 Å². The van der Waals surface area contributed by atoms with Gasteiger partial charge in [0.2, 0.25) is 31.3 Å². The van der Waals surface area contributed by atoms with Crippen LogP contribution in [0.4, 0.5) is 29.0 Å². The quantitative estimate of drug-likeness (QED) is 0.0657. The summed E-state index contributed by atoms with van der Waals surface area (Å²) in [4.78, 5) is 40.4. The number of rotatable bonds is 11. The molecule has 0 bridgehead atoms. The van der Waals surface area contributed by atoms with E-state index in [4.69, 9.17) is 21.6 Å². The molecule has 23 heteroatoms. The van der Waals surface area contributed by atoms with Gasteiger partial charge in [0.25, 0.3) is 11.4 Å². The highest BCUT2D eigenvalue weighted by molar-refractivity contribution is 7.89. The highest BCUT2D eigenvalue weighted by Gasteiger charge is 2.35. The first kappa shape index (κ1) is 49.3. The molecule has 2 aromatic heterocycles. The number of hydrogen-bond donors (Lipinski definition) is 3. The van der Waals surface area contributed by atoms with E-state index >= 15 is 0 Å². The second-order valence-electron chi connectivity index (χ2n) is 17.0. The lowest BCUT2D eigenvalue weighted by atomic mass is 10.2. The van der Waals surface area contributed by atoms with Crippen molar-refractivity contribution < 1.29 is 26.7 Å². The van der Waals surface area contributed by atoms with Gasteiger partial charge in [-0.05, 0) is 73.7 Å². The highest BCUT2D eigenvalue weighted by Crippen LogP contribution is 2.32. The standard InChI is InChI=1S/C23H26N6O4S.C13H14ClN3.C10H13N3O4S/c30-29(31)20-11-5-6-12-21(20)34(32,33)28-15-13-27(14-16-28)23-25-19-10-4-3-9-18(19)22(26-23)24-17-7-1-2-8-17;14-13-16-11-8-4-3-7-10(11)12(17-13)15-9-5-1-2-6-9;14-13(15)9-3-1-2-4-10(9)18(16,17)12-7-5-11-6-8-12/h3-6,9-12,17H,1-2,7-8,13-16H2,(H,24,25,26);3-4,7-9H,1-2,5-6H2,(H,15,16,17);1-4,11H,5-8H2. The summed E-state index contributed by atoms with van der Waals surface area (Å²) in [5, 5.41) is 34.6. The number of para-hydroxylation sites is 4. The van der Waals surface area contributed by atoms with Crippen molar-refractivity contribution in [1.82, 2.24) is 33.9 Å². The van der Waals surface area contributed by atoms with Gasteiger partial charge in [0.15, 0.2) is 9.79 Å². The number of nitro benzene ring substituents is 2. The number of aromatic nitrogens is 4. The summed E-state index contributed by atoms with van der Waals surface area (Å²) in [6.07, 6.45) is 9.70. The maximum Gasteiger partial charge on any atom is 0.289 e. The Morgan fingerprint density at radius 1 is 0.551 bits per heavy atom. The fraction of sp³-hybridized carbons (Fsp3) is 0.391. The van der Waals surface area contributed by atoms with E-state index < -0.39 is 35.6 Å². The van der Waals surface area contributed by atoms with Crippen molar-refractivity contribution in [3.05, 3.63) is 123 Å². The molecular weight excluding hydrogens is 948 g/mol. The van der Waals surface area contributed by atoms with E-state index in [0.29, 0.717) is 62.6 Å².